The lowest BCUT2D eigenvalue weighted by Gasteiger charge is -2.37. The second kappa shape index (κ2) is 9.46. The van der Waals surface area contributed by atoms with E-state index in [-0.39, 0.29) is 24.1 Å². The first-order valence-electron chi connectivity index (χ1n) is 11.4. The van der Waals surface area contributed by atoms with Crippen molar-refractivity contribution in [3.05, 3.63) is 88.4 Å². The van der Waals surface area contributed by atoms with Crippen molar-refractivity contribution in [1.82, 2.24) is 9.80 Å². The Morgan fingerprint density at radius 1 is 1.09 bits per heavy atom. The van der Waals surface area contributed by atoms with Crippen molar-refractivity contribution in [3.63, 3.8) is 0 Å². The maximum atomic E-state index is 13.8. The summed E-state index contributed by atoms with van der Waals surface area (Å²) in [6.45, 7) is 3.38. The minimum Gasteiger partial charge on any atom is -0.342 e. The first kappa shape index (κ1) is 22.4. The van der Waals surface area contributed by atoms with Crippen LogP contribution in [0.25, 0.3) is 0 Å². The van der Waals surface area contributed by atoms with Crippen LogP contribution in [0.4, 0.5) is 10.1 Å². The second-order valence-corrected chi connectivity index (χ2v) is 9.37. The Morgan fingerprint density at radius 2 is 1.79 bits per heavy atom. The zero-order chi connectivity index (χ0) is 23.7. The molecule has 34 heavy (non-hydrogen) atoms. The predicted octanol–water partition coefficient (Wildman–Crippen LogP) is 5.05. The first-order valence-corrected chi connectivity index (χ1v) is 12.2. The number of hydrogen-bond acceptors (Lipinski definition) is 5. The van der Waals surface area contributed by atoms with E-state index >= 15 is 0 Å². The SMILES string of the molecule is CC1=C(C(=O)Nc2ccccc2)C(c2ccc(F)cc2)N2C(CC(=O)N3CCCC3)=CSC2=N1. The van der Waals surface area contributed by atoms with E-state index in [1.807, 2.05) is 52.5 Å². The number of thioether (sulfide) groups is 1. The molecule has 2 aromatic carbocycles. The molecule has 1 fully saturated rings. The molecule has 3 aliphatic rings. The van der Waals surface area contributed by atoms with Gasteiger partial charge in [-0.25, -0.2) is 9.38 Å². The number of carbonyl (C=O) groups excluding carboxylic acids is 2. The zero-order valence-electron chi connectivity index (χ0n) is 18.8. The zero-order valence-corrected chi connectivity index (χ0v) is 19.6. The molecule has 0 spiro atoms. The number of nitrogens with zero attached hydrogens (tertiary/aromatic N) is 3. The minimum absolute atomic E-state index is 0.0741. The maximum absolute atomic E-state index is 13.8. The van der Waals surface area contributed by atoms with Crippen LogP contribution in [0.15, 0.2) is 82.0 Å². The van der Waals surface area contributed by atoms with Gasteiger partial charge in [-0.3, -0.25) is 9.59 Å². The van der Waals surface area contributed by atoms with Crippen molar-refractivity contribution < 1.29 is 14.0 Å². The fraction of sp³-hybridized carbons (Fsp3) is 0.269. The molecule has 8 heteroatoms. The van der Waals surface area contributed by atoms with Crippen LogP contribution >= 0.6 is 11.8 Å². The largest absolute Gasteiger partial charge is 0.342 e. The summed E-state index contributed by atoms with van der Waals surface area (Å²) < 4.78 is 13.8. The van der Waals surface area contributed by atoms with Gasteiger partial charge in [-0.05, 0) is 55.0 Å². The molecule has 1 atom stereocenters. The number of amidine groups is 1. The highest BCUT2D eigenvalue weighted by Gasteiger charge is 2.41. The highest BCUT2D eigenvalue weighted by atomic mass is 32.2. The third-order valence-electron chi connectivity index (χ3n) is 6.25. The van der Waals surface area contributed by atoms with Crippen LogP contribution in [0.1, 0.15) is 37.8 Å². The molecule has 0 bridgehead atoms. The quantitative estimate of drug-likeness (QED) is 0.656. The van der Waals surface area contributed by atoms with Gasteiger partial charge in [0.1, 0.15) is 5.82 Å². The molecule has 3 heterocycles. The summed E-state index contributed by atoms with van der Waals surface area (Å²) in [6, 6.07) is 14.9. The number of nitrogens with one attached hydrogen (secondary N) is 1. The highest BCUT2D eigenvalue weighted by Crippen LogP contribution is 2.45. The number of amides is 2. The number of hydrogen-bond donors (Lipinski definition) is 1. The standard InChI is InChI=1S/C26H25FN4O2S/c1-17-23(25(33)29-20-7-3-2-4-8-20)24(18-9-11-19(27)12-10-18)31-21(16-34-26(31)28-17)15-22(32)30-13-5-6-14-30/h2-4,7-12,16,24H,5-6,13-15H2,1H3,(H,29,33). The summed E-state index contributed by atoms with van der Waals surface area (Å²) in [5, 5.41) is 5.62. The topological polar surface area (TPSA) is 65.0 Å². The van der Waals surface area contributed by atoms with Crippen LogP contribution in [0.5, 0.6) is 0 Å². The Labute approximate surface area is 202 Å². The van der Waals surface area contributed by atoms with Gasteiger partial charge in [-0.1, -0.05) is 42.1 Å². The van der Waals surface area contributed by atoms with Crippen molar-refractivity contribution in [2.24, 2.45) is 4.99 Å². The molecular formula is C26H25FN4O2S. The van der Waals surface area contributed by atoms with Gasteiger partial charge in [0.25, 0.3) is 5.91 Å². The number of carbonyl (C=O) groups is 2. The van der Waals surface area contributed by atoms with Gasteiger partial charge in [-0.2, -0.15) is 0 Å². The van der Waals surface area contributed by atoms with E-state index in [0.29, 0.717) is 22.1 Å². The van der Waals surface area contributed by atoms with Crippen LogP contribution in [0, 0.1) is 5.82 Å². The van der Waals surface area contributed by atoms with Gasteiger partial charge in [-0.15, -0.1) is 0 Å². The van der Waals surface area contributed by atoms with Gasteiger partial charge in [0.15, 0.2) is 5.17 Å². The Balaban J connectivity index is 1.51. The second-order valence-electron chi connectivity index (χ2n) is 8.53. The van der Waals surface area contributed by atoms with Crippen molar-refractivity contribution in [1.29, 1.82) is 0 Å². The van der Waals surface area contributed by atoms with Crippen LogP contribution in [-0.4, -0.2) is 39.9 Å². The van der Waals surface area contributed by atoms with Crippen molar-refractivity contribution in [3.8, 4) is 0 Å². The predicted molar refractivity (Wildman–Crippen MR) is 132 cm³/mol. The summed E-state index contributed by atoms with van der Waals surface area (Å²) in [5.41, 5.74) is 3.31. The summed E-state index contributed by atoms with van der Waals surface area (Å²) in [4.78, 5) is 35.0. The Hall–Kier alpha value is -3.39. The van der Waals surface area contributed by atoms with Crippen LogP contribution in [-0.2, 0) is 9.59 Å². The Kier molecular flexibility index (Phi) is 6.24. The number of rotatable bonds is 5. The van der Waals surface area contributed by atoms with Crippen LogP contribution < -0.4 is 5.32 Å². The smallest absolute Gasteiger partial charge is 0.255 e. The maximum Gasteiger partial charge on any atom is 0.255 e. The van der Waals surface area contributed by atoms with Gasteiger partial charge in [0.2, 0.25) is 5.91 Å². The number of benzene rings is 2. The van der Waals surface area contributed by atoms with Gasteiger partial charge >= 0.3 is 0 Å². The third kappa shape index (κ3) is 4.37. The first-order chi connectivity index (χ1) is 16.5. The third-order valence-corrected chi connectivity index (χ3v) is 7.14. The normalized spacial score (nSPS) is 19.6. The number of halogens is 1. The van der Waals surface area contributed by atoms with Crippen molar-refractivity contribution in [2.75, 3.05) is 18.4 Å². The summed E-state index contributed by atoms with van der Waals surface area (Å²) in [6.07, 6.45) is 2.29. The van der Waals surface area contributed by atoms with E-state index in [2.05, 4.69) is 5.32 Å². The molecule has 5 rings (SSSR count). The molecule has 1 saturated heterocycles. The molecule has 0 saturated carbocycles. The van der Waals surface area contributed by atoms with E-state index in [1.165, 1.54) is 23.9 Å². The van der Waals surface area contributed by atoms with Gasteiger partial charge < -0.3 is 15.1 Å². The number of aliphatic imine (C=N–C) groups is 1. The average Bonchev–Trinajstić information content (AvgIpc) is 3.50. The molecule has 0 aliphatic carbocycles. The lowest BCUT2D eigenvalue weighted by molar-refractivity contribution is -0.129. The fourth-order valence-electron chi connectivity index (χ4n) is 4.57. The van der Waals surface area contributed by atoms with E-state index in [4.69, 9.17) is 4.99 Å². The van der Waals surface area contributed by atoms with Crippen LogP contribution in [0.2, 0.25) is 0 Å². The number of para-hydroxylation sites is 1. The van der Waals surface area contributed by atoms with Crippen LogP contribution in [0.3, 0.4) is 0 Å². The summed E-state index contributed by atoms with van der Waals surface area (Å²) in [7, 11) is 0. The number of fused-ring (bicyclic) bond motifs is 1. The fourth-order valence-corrected chi connectivity index (χ4v) is 5.54. The molecule has 3 aliphatic heterocycles. The summed E-state index contributed by atoms with van der Waals surface area (Å²) in [5.74, 6) is -0.548. The number of allylic oxidation sites excluding steroid dienone is 1. The van der Waals surface area contributed by atoms with Gasteiger partial charge in [0, 0.05) is 24.5 Å². The molecule has 174 valence electrons. The molecule has 2 aromatic rings. The Morgan fingerprint density at radius 3 is 2.50 bits per heavy atom. The molecule has 1 N–H and O–H groups in total. The Bertz CT molecular complexity index is 1200. The lowest BCUT2D eigenvalue weighted by atomic mass is 9.93. The van der Waals surface area contributed by atoms with E-state index in [1.54, 1.807) is 12.1 Å². The van der Waals surface area contributed by atoms with Gasteiger partial charge in [0.05, 0.1) is 23.7 Å². The van der Waals surface area contributed by atoms with Crippen molar-refractivity contribution in [2.45, 2.75) is 32.2 Å². The number of likely N-dealkylation sites (tertiary alicyclic amines) is 1. The molecule has 6 nitrogen and oxygen atoms in total. The number of anilines is 1. The highest BCUT2D eigenvalue weighted by molar-refractivity contribution is 8.16. The minimum atomic E-state index is -0.524. The van der Waals surface area contributed by atoms with E-state index < -0.39 is 6.04 Å². The molecular weight excluding hydrogens is 451 g/mol. The van der Waals surface area contributed by atoms with E-state index in [9.17, 15) is 14.0 Å². The van der Waals surface area contributed by atoms with E-state index in [0.717, 1.165) is 37.2 Å². The molecule has 1 unspecified atom stereocenters. The molecule has 2 amide bonds. The lowest BCUT2D eigenvalue weighted by Crippen LogP contribution is -2.39. The molecule has 0 radical (unpaired) electrons. The monoisotopic (exact) mass is 476 g/mol. The summed E-state index contributed by atoms with van der Waals surface area (Å²) >= 11 is 1.45. The van der Waals surface area contributed by atoms with Crippen molar-refractivity contribution >= 4 is 34.4 Å². The molecule has 0 aromatic heterocycles. The average molecular weight is 477 g/mol.